The number of ether oxygens (including phenoxy) is 1. The minimum Gasteiger partial charge on any atom is -0.469 e. The first-order chi connectivity index (χ1) is 11.3. The molecule has 0 spiro atoms. The van der Waals surface area contributed by atoms with Gasteiger partial charge in [-0.3, -0.25) is 9.59 Å². The zero-order valence-corrected chi connectivity index (χ0v) is 15.5. The van der Waals surface area contributed by atoms with Gasteiger partial charge < -0.3 is 4.74 Å². The molecule has 24 heavy (non-hydrogen) atoms. The van der Waals surface area contributed by atoms with Gasteiger partial charge in [0.2, 0.25) is 0 Å². The van der Waals surface area contributed by atoms with Gasteiger partial charge in [0.25, 0.3) is 0 Å². The van der Waals surface area contributed by atoms with Crippen LogP contribution in [-0.4, -0.2) is 18.9 Å². The van der Waals surface area contributed by atoms with Crippen molar-refractivity contribution in [3.05, 3.63) is 33.8 Å². The molecule has 3 saturated carbocycles. The van der Waals surface area contributed by atoms with Crippen molar-refractivity contribution < 1.29 is 14.3 Å². The second kappa shape index (κ2) is 6.34. The molecule has 3 aliphatic rings. The maximum atomic E-state index is 12.2. The molecule has 3 fully saturated rings. The number of methoxy groups -OCH3 is 1. The second-order valence-corrected chi connectivity index (χ2v) is 8.36. The van der Waals surface area contributed by atoms with E-state index in [1.54, 1.807) is 18.2 Å². The number of carbonyl (C=O) groups is 2. The van der Waals surface area contributed by atoms with Gasteiger partial charge in [-0.25, -0.2) is 0 Å². The van der Waals surface area contributed by atoms with Gasteiger partial charge in [0.15, 0.2) is 5.78 Å². The van der Waals surface area contributed by atoms with Crippen LogP contribution in [0.15, 0.2) is 18.2 Å². The predicted octanol–water partition coefficient (Wildman–Crippen LogP) is 5.33. The first-order valence-corrected chi connectivity index (χ1v) is 9.13. The molecule has 3 nitrogen and oxygen atoms in total. The summed E-state index contributed by atoms with van der Waals surface area (Å²) in [5.41, 5.74) is 1.15. The van der Waals surface area contributed by atoms with E-state index in [0.717, 1.165) is 32.1 Å². The quantitative estimate of drug-likeness (QED) is 0.482. The minimum atomic E-state index is -0.0990. The third-order valence-corrected chi connectivity index (χ3v) is 6.75. The molecular formula is C19H22Cl2O3. The zero-order valence-electron chi connectivity index (χ0n) is 14.0. The summed E-state index contributed by atoms with van der Waals surface area (Å²) >= 11 is 11.8. The number of carbonyl (C=O) groups excluding carboxylic acids is 2. The van der Waals surface area contributed by atoms with Crippen molar-refractivity contribution >= 4 is 35.0 Å². The lowest BCUT2D eigenvalue weighted by Crippen LogP contribution is -2.65. The summed E-state index contributed by atoms with van der Waals surface area (Å²) in [6.45, 7) is 1.97. The number of ketones is 1. The normalized spacial score (nSPS) is 28.5. The molecule has 2 bridgehead atoms. The molecule has 0 N–H and O–H groups in total. The summed E-state index contributed by atoms with van der Waals surface area (Å²) in [4.78, 5) is 24.0. The van der Waals surface area contributed by atoms with Gasteiger partial charge in [0.05, 0.1) is 23.1 Å². The monoisotopic (exact) mass is 368 g/mol. The van der Waals surface area contributed by atoms with Crippen LogP contribution in [0.1, 0.15) is 55.8 Å². The molecule has 130 valence electrons. The highest BCUT2D eigenvalue weighted by molar-refractivity contribution is 6.42. The molecule has 0 amide bonds. The number of Topliss-reactive ketones (excluding diaryl/α,β-unsaturated/α-hetero) is 1. The Kier molecular flexibility index (Phi) is 4.69. The van der Waals surface area contributed by atoms with E-state index in [1.165, 1.54) is 7.11 Å². The fourth-order valence-electron chi connectivity index (χ4n) is 4.67. The summed E-state index contributed by atoms with van der Waals surface area (Å²) in [5.74, 6) is -0.00174. The first-order valence-electron chi connectivity index (χ1n) is 8.37. The van der Waals surface area contributed by atoms with Crippen LogP contribution in [0, 0.1) is 16.7 Å². The van der Waals surface area contributed by atoms with Crippen LogP contribution in [0.3, 0.4) is 0 Å². The summed E-state index contributed by atoms with van der Waals surface area (Å²) in [6, 6.07) is 5.03. The van der Waals surface area contributed by atoms with Crippen LogP contribution < -0.4 is 0 Å². The molecule has 3 aliphatic carbocycles. The van der Waals surface area contributed by atoms with Crippen LogP contribution in [0.4, 0.5) is 0 Å². The maximum Gasteiger partial charge on any atom is 0.308 e. The molecular weight excluding hydrogens is 347 g/mol. The van der Waals surface area contributed by atoms with Crippen LogP contribution in [0.25, 0.3) is 0 Å². The zero-order chi connectivity index (χ0) is 17.5. The van der Waals surface area contributed by atoms with Gasteiger partial charge in [-0.1, -0.05) is 30.1 Å². The van der Waals surface area contributed by atoms with Crippen molar-refractivity contribution in [1.82, 2.24) is 0 Å². The number of hydrogen-bond acceptors (Lipinski definition) is 3. The average Bonchev–Trinajstić information content (AvgIpc) is 2.49. The lowest BCUT2D eigenvalue weighted by atomic mass is 9.31. The standard InChI is InChI=1S/C19H22Cl2O3/c1-12(17(23)24-2)19-9-18(10-19,11-19)7-3-4-16(22)13-5-6-14(20)15(21)8-13/h5-6,8,12H,3-4,7,9-11H2,1-2H3/t12-,18?,19?/m0/s1. The minimum absolute atomic E-state index is 0.0118. The number of halogens is 2. The molecule has 1 aromatic carbocycles. The molecule has 0 unspecified atom stereocenters. The molecule has 5 heteroatoms. The van der Waals surface area contributed by atoms with Crippen molar-refractivity contribution in [3.63, 3.8) is 0 Å². The molecule has 0 heterocycles. The summed E-state index contributed by atoms with van der Waals surface area (Å²) < 4.78 is 4.87. The van der Waals surface area contributed by atoms with Gasteiger partial charge in [0, 0.05) is 12.0 Å². The van der Waals surface area contributed by atoms with Crippen molar-refractivity contribution in [1.29, 1.82) is 0 Å². The topological polar surface area (TPSA) is 43.4 Å². The van der Waals surface area contributed by atoms with E-state index in [2.05, 4.69) is 0 Å². The number of rotatable bonds is 7. The molecule has 0 saturated heterocycles. The van der Waals surface area contributed by atoms with Gasteiger partial charge in [-0.05, 0) is 61.1 Å². The lowest BCUT2D eigenvalue weighted by Gasteiger charge is -2.73. The van der Waals surface area contributed by atoms with Crippen LogP contribution >= 0.6 is 23.2 Å². The molecule has 0 aliphatic heterocycles. The maximum absolute atomic E-state index is 12.2. The summed E-state index contributed by atoms with van der Waals surface area (Å²) in [5, 5.41) is 0.882. The SMILES string of the molecule is COC(=O)[C@H](C)C12CC(CCCC(=O)c3ccc(Cl)c(Cl)c3)(C1)C2. The molecule has 0 aromatic heterocycles. The van der Waals surface area contributed by atoms with Crippen molar-refractivity contribution in [3.8, 4) is 0 Å². The Morgan fingerprint density at radius 1 is 1.21 bits per heavy atom. The second-order valence-electron chi connectivity index (χ2n) is 7.54. The Morgan fingerprint density at radius 2 is 1.88 bits per heavy atom. The van der Waals surface area contributed by atoms with E-state index < -0.39 is 0 Å². The van der Waals surface area contributed by atoms with E-state index in [9.17, 15) is 9.59 Å². The molecule has 1 atom stereocenters. The van der Waals surface area contributed by atoms with E-state index in [1.807, 2.05) is 6.92 Å². The highest BCUT2D eigenvalue weighted by Crippen LogP contribution is 2.77. The Bertz CT molecular complexity index is 663. The summed E-state index contributed by atoms with van der Waals surface area (Å²) in [6.07, 6.45) is 5.74. The molecule has 4 rings (SSSR count). The van der Waals surface area contributed by atoms with Crippen molar-refractivity contribution in [2.45, 2.75) is 45.4 Å². The van der Waals surface area contributed by atoms with E-state index in [-0.39, 0.29) is 23.1 Å². The Labute approximate surface area is 152 Å². The average molecular weight is 369 g/mol. The van der Waals surface area contributed by atoms with E-state index in [4.69, 9.17) is 27.9 Å². The largest absolute Gasteiger partial charge is 0.469 e. The Hall–Kier alpha value is -1.06. The van der Waals surface area contributed by atoms with Gasteiger partial charge in [-0.2, -0.15) is 0 Å². The van der Waals surface area contributed by atoms with Gasteiger partial charge in [-0.15, -0.1) is 0 Å². The van der Waals surface area contributed by atoms with Gasteiger partial charge in [0.1, 0.15) is 0 Å². The van der Waals surface area contributed by atoms with Crippen LogP contribution in [0.5, 0.6) is 0 Å². The fraction of sp³-hybridized carbons (Fsp3) is 0.579. The highest BCUT2D eigenvalue weighted by atomic mass is 35.5. The smallest absolute Gasteiger partial charge is 0.308 e. The lowest BCUT2D eigenvalue weighted by molar-refractivity contribution is -0.239. The Morgan fingerprint density at radius 3 is 2.46 bits per heavy atom. The predicted molar refractivity (Wildman–Crippen MR) is 94.5 cm³/mol. The Balaban J connectivity index is 1.45. The third-order valence-electron chi connectivity index (χ3n) is 6.01. The highest BCUT2D eigenvalue weighted by Gasteiger charge is 2.69. The fourth-order valence-corrected chi connectivity index (χ4v) is 4.97. The summed E-state index contributed by atoms with van der Waals surface area (Å²) in [7, 11) is 1.45. The van der Waals surface area contributed by atoms with Crippen molar-refractivity contribution in [2.75, 3.05) is 7.11 Å². The van der Waals surface area contributed by atoms with Crippen molar-refractivity contribution in [2.24, 2.45) is 16.7 Å². The number of benzene rings is 1. The third kappa shape index (κ3) is 2.97. The molecule has 1 aromatic rings. The first kappa shape index (κ1) is 17.8. The van der Waals surface area contributed by atoms with E-state index in [0.29, 0.717) is 27.4 Å². The van der Waals surface area contributed by atoms with E-state index >= 15 is 0 Å². The van der Waals surface area contributed by atoms with Crippen LogP contribution in [0.2, 0.25) is 10.0 Å². The number of hydrogen-bond donors (Lipinski definition) is 0. The number of esters is 1. The van der Waals surface area contributed by atoms with Crippen LogP contribution in [-0.2, 0) is 9.53 Å². The van der Waals surface area contributed by atoms with Gasteiger partial charge >= 0.3 is 5.97 Å². The molecule has 0 radical (unpaired) electrons.